The SMILES string of the molecule is C[S+](C)c1ccc(O)c(F)c1. The smallest absolute Gasteiger partial charge is 0.169 e. The predicted molar refractivity (Wildman–Crippen MR) is 45.5 cm³/mol. The lowest BCUT2D eigenvalue weighted by molar-refractivity contribution is 0.431. The van der Waals surface area contributed by atoms with Crippen LogP contribution in [0, 0.1) is 5.82 Å². The third-order valence-corrected chi connectivity index (χ3v) is 2.59. The van der Waals surface area contributed by atoms with Crippen molar-refractivity contribution in [1.82, 2.24) is 0 Å². The fourth-order valence-electron chi connectivity index (χ4n) is 0.742. The predicted octanol–water partition coefficient (Wildman–Crippen LogP) is 1.77. The van der Waals surface area contributed by atoms with Gasteiger partial charge in [0.15, 0.2) is 16.5 Å². The Morgan fingerprint density at radius 3 is 2.45 bits per heavy atom. The molecule has 1 nitrogen and oxygen atoms in total. The van der Waals surface area contributed by atoms with E-state index in [0.717, 1.165) is 4.90 Å². The summed E-state index contributed by atoms with van der Waals surface area (Å²) in [4.78, 5) is 0.931. The van der Waals surface area contributed by atoms with Crippen LogP contribution in [0.2, 0.25) is 0 Å². The summed E-state index contributed by atoms with van der Waals surface area (Å²) in [7, 11) is 0.0514. The third kappa shape index (κ3) is 1.87. The summed E-state index contributed by atoms with van der Waals surface area (Å²) in [6.07, 6.45) is 4.01. The van der Waals surface area contributed by atoms with E-state index in [1.165, 1.54) is 12.1 Å². The van der Waals surface area contributed by atoms with Gasteiger partial charge in [-0.3, -0.25) is 0 Å². The molecule has 3 heteroatoms. The van der Waals surface area contributed by atoms with Gasteiger partial charge < -0.3 is 5.11 Å². The van der Waals surface area contributed by atoms with E-state index in [2.05, 4.69) is 0 Å². The van der Waals surface area contributed by atoms with Crippen LogP contribution >= 0.6 is 0 Å². The van der Waals surface area contributed by atoms with Gasteiger partial charge in [0, 0.05) is 17.0 Å². The summed E-state index contributed by atoms with van der Waals surface area (Å²) < 4.78 is 12.7. The molecule has 0 bridgehead atoms. The minimum absolute atomic E-state index is 0.0514. The summed E-state index contributed by atoms with van der Waals surface area (Å²) in [5.41, 5.74) is 0. The van der Waals surface area contributed by atoms with Crippen molar-refractivity contribution in [2.45, 2.75) is 4.90 Å². The Labute approximate surface area is 68.2 Å². The van der Waals surface area contributed by atoms with E-state index in [1.807, 2.05) is 12.5 Å². The molecule has 60 valence electrons. The van der Waals surface area contributed by atoms with Gasteiger partial charge in [-0.05, 0) is 12.1 Å². The molecule has 0 aliphatic heterocycles. The molecule has 1 aromatic rings. The number of hydrogen-bond donors (Lipinski definition) is 1. The molecule has 1 N–H and O–H groups in total. The van der Waals surface area contributed by atoms with E-state index in [4.69, 9.17) is 5.11 Å². The Morgan fingerprint density at radius 2 is 2.00 bits per heavy atom. The normalized spacial score (nSPS) is 10.5. The Morgan fingerprint density at radius 1 is 1.36 bits per heavy atom. The van der Waals surface area contributed by atoms with Crippen molar-refractivity contribution in [1.29, 1.82) is 0 Å². The van der Waals surface area contributed by atoms with E-state index in [0.29, 0.717) is 0 Å². The van der Waals surface area contributed by atoms with Crippen LogP contribution in [0.3, 0.4) is 0 Å². The summed E-state index contributed by atoms with van der Waals surface area (Å²) in [5.74, 6) is -0.817. The number of hydrogen-bond acceptors (Lipinski definition) is 1. The molecular weight excluding hydrogens is 163 g/mol. The average Bonchev–Trinajstić information content (AvgIpc) is 1.94. The monoisotopic (exact) mass is 173 g/mol. The van der Waals surface area contributed by atoms with Gasteiger partial charge in [0.2, 0.25) is 0 Å². The molecule has 0 unspecified atom stereocenters. The van der Waals surface area contributed by atoms with Gasteiger partial charge in [0.1, 0.15) is 12.5 Å². The largest absolute Gasteiger partial charge is 0.505 e. The summed E-state index contributed by atoms with van der Waals surface area (Å²) in [6, 6.07) is 4.50. The summed E-state index contributed by atoms with van der Waals surface area (Å²) in [6.45, 7) is 0. The molecule has 1 rings (SSSR count). The Bertz CT molecular complexity index is 260. The lowest BCUT2D eigenvalue weighted by atomic mass is 10.3. The quantitative estimate of drug-likeness (QED) is 0.642. The first-order valence-electron chi connectivity index (χ1n) is 3.17. The van der Waals surface area contributed by atoms with Crippen LogP contribution in [-0.2, 0) is 10.9 Å². The number of aromatic hydroxyl groups is 1. The van der Waals surface area contributed by atoms with E-state index in [9.17, 15) is 4.39 Å². The zero-order chi connectivity index (χ0) is 8.43. The molecule has 0 fully saturated rings. The van der Waals surface area contributed by atoms with Crippen LogP contribution < -0.4 is 0 Å². The highest BCUT2D eigenvalue weighted by atomic mass is 32.2. The van der Waals surface area contributed by atoms with E-state index in [1.54, 1.807) is 6.07 Å². The second-order valence-electron chi connectivity index (χ2n) is 2.43. The maximum absolute atomic E-state index is 12.7. The third-order valence-electron chi connectivity index (χ3n) is 1.39. The van der Waals surface area contributed by atoms with Crippen LogP contribution in [0.25, 0.3) is 0 Å². The van der Waals surface area contributed by atoms with Gasteiger partial charge in [0.25, 0.3) is 0 Å². The summed E-state index contributed by atoms with van der Waals surface area (Å²) in [5, 5.41) is 8.85. The minimum Gasteiger partial charge on any atom is -0.505 e. The number of halogens is 1. The lowest BCUT2D eigenvalue weighted by Gasteiger charge is -1.97. The molecule has 11 heavy (non-hydrogen) atoms. The number of rotatable bonds is 1. The van der Waals surface area contributed by atoms with E-state index in [-0.39, 0.29) is 16.6 Å². The molecule has 0 spiro atoms. The highest BCUT2D eigenvalue weighted by Crippen LogP contribution is 2.19. The van der Waals surface area contributed by atoms with Gasteiger partial charge >= 0.3 is 0 Å². The highest BCUT2D eigenvalue weighted by molar-refractivity contribution is 7.95. The van der Waals surface area contributed by atoms with Gasteiger partial charge in [-0.2, -0.15) is 0 Å². The van der Waals surface area contributed by atoms with Gasteiger partial charge in [-0.1, -0.05) is 0 Å². The number of benzene rings is 1. The second kappa shape index (κ2) is 3.13. The first-order chi connectivity index (χ1) is 5.11. The number of phenols is 1. The average molecular weight is 173 g/mol. The molecule has 0 atom stereocenters. The maximum atomic E-state index is 12.7. The van der Waals surface area contributed by atoms with Gasteiger partial charge in [-0.15, -0.1) is 0 Å². The van der Waals surface area contributed by atoms with Crippen LogP contribution in [-0.4, -0.2) is 17.6 Å². The van der Waals surface area contributed by atoms with E-state index >= 15 is 0 Å². The second-order valence-corrected chi connectivity index (χ2v) is 4.53. The van der Waals surface area contributed by atoms with Crippen LogP contribution in [0.15, 0.2) is 23.1 Å². The van der Waals surface area contributed by atoms with Crippen molar-refractivity contribution < 1.29 is 9.50 Å². The Balaban J connectivity index is 3.05. The molecular formula is C8H10FOS+. The van der Waals surface area contributed by atoms with Crippen molar-refractivity contribution in [2.75, 3.05) is 12.5 Å². The van der Waals surface area contributed by atoms with E-state index < -0.39 is 5.82 Å². The maximum Gasteiger partial charge on any atom is 0.169 e. The lowest BCUT2D eigenvalue weighted by Crippen LogP contribution is -1.95. The standard InChI is InChI=1S/C8H9FOS/c1-11(2)6-3-4-8(10)7(9)5-6/h3-5H,1-2H3/p+1. The van der Waals surface area contributed by atoms with Crippen molar-refractivity contribution in [2.24, 2.45) is 0 Å². The van der Waals surface area contributed by atoms with Crippen LogP contribution in [0.1, 0.15) is 0 Å². The van der Waals surface area contributed by atoms with Crippen molar-refractivity contribution in [3.8, 4) is 5.75 Å². The van der Waals surface area contributed by atoms with Crippen molar-refractivity contribution in [3.63, 3.8) is 0 Å². The fourth-order valence-corrected chi connectivity index (χ4v) is 1.42. The molecule has 0 amide bonds. The van der Waals surface area contributed by atoms with Crippen LogP contribution in [0.5, 0.6) is 5.75 Å². The molecule has 1 aromatic carbocycles. The van der Waals surface area contributed by atoms with Gasteiger partial charge in [0.05, 0.1) is 0 Å². The molecule has 0 heterocycles. The van der Waals surface area contributed by atoms with Crippen molar-refractivity contribution in [3.05, 3.63) is 24.0 Å². The summed E-state index contributed by atoms with van der Waals surface area (Å²) >= 11 is 0. The topological polar surface area (TPSA) is 20.2 Å². The highest BCUT2D eigenvalue weighted by Gasteiger charge is 2.10. The number of phenolic OH excluding ortho intramolecular Hbond substituents is 1. The van der Waals surface area contributed by atoms with Crippen molar-refractivity contribution >= 4 is 10.9 Å². The minimum atomic E-state index is -0.538. The zero-order valence-corrected chi connectivity index (χ0v) is 7.28. The molecule has 0 aromatic heterocycles. The molecule has 0 saturated carbocycles. The Kier molecular flexibility index (Phi) is 2.39. The molecule has 0 saturated heterocycles. The zero-order valence-electron chi connectivity index (χ0n) is 6.47. The van der Waals surface area contributed by atoms with Crippen LogP contribution in [0.4, 0.5) is 4.39 Å². The molecule has 0 aliphatic rings. The fraction of sp³-hybridized carbons (Fsp3) is 0.250. The Hall–Kier alpha value is -0.700. The first-order valence-corrected chi connectivity index (χ1v) is 5.21. The molecule has 0 radical (unpaired) electrons. The molecule has 0 aliphatic carbocycles. The first kappa shape index (κ1) is 8.40. The van der Waals surface area contributed by atoms with Gasteiger partial charge in [-0.25, -0.2) is 4.39 Å².